The fraction of sp³-hybridized carbons (Fsp3) is 0.0588. The monoisotopic (exact) mass is 415 g/mol. The third-order valence-corrected chi connectivity index (χ3v) is 5.22. The number of fused-ring (bicyclic) bond motifs is 2. The van der Waals surface area contributed by atoms with Crippen LogP contribution in [0.1, 0.15) is 5.69 Å². The molecule has 0 aliphatic carbocycles. The van der Waals surface area contributed by atoms with E-state index in [4.69, 9.17) is 0 Å². The van der Waals surface area contributed by atoms with Crippen LogP contribution in [-0.4, -0.2) is 25.8 Å². The van der Waals surface area contributed by atoms with Gasteiger partial charge in [0.25, 0.3) is 5.56 Å². The summed E-state index contributed by atoms with van der Waals surface area (Å²) in [6.45, 7) is 0. The summed E-state index contributed by atoms with van der Waals surface area (Å²) in [4.78, 5) is 28.5. The number of rotatable bonds is 3. The summed E-state index contributed by atoms with van der Waals surface area (Å²) in [5, 5.41) is 14.8. The highest BCUT2D eigenvalue weighted by molar-refractivity contribution is 9.10. The van der Waals surface area contributed by atoms with Gasteiger partial charge in [-0.1, -0.05) is 39.4 Å². The maximum Gasteiger partial charge on any atom is 0.309 e. The van der Waals surface area contributed by atoms with Gasteiger partial charge in [-0.2, -0.15) is 9.78 Å². The molecule has 2 aromatic heterocycles. The molecular weight excluding hydrogens is 406 g/mol. The fourth-order valence-electron chi connectivity index (χ4n) is 2.63. The van der Waals surface area contributed by atoms with E-state index in [2.05, 4.69) is 26.0 Å². The van der Waals surface area contributed by atoms with E-state index in [1.165, 1.54) is 16.0 Å². The molecule has 0 saturated heterocycles. The van der Waals surface area contributed by atoms with E-state index in [1.54, 1.807) is 18.2 Å². The summed E-state index contributed by atoms with van der Waals surface area (Å²) in [5.74, 6) is -1.01. The molecule has 0 unspecified atom stereocenters. The van der Waals surface area contributed by atoms with Gasteiger partial charge in [-0.25, -0.2) is 4.98 Å². The summed E-state index contributed by atoms with van der Waals surface area (Å²) in [6, 6.07) is 12.7. The molecule has 0 bridgehead atoms. The number of thiazole rings is 1. The molecule has 0 atom stereocenters. The van der Waals surface area contributed by atoms with E-state index in [1.807, 2.05) is 24.3 Å². The van der Waals surface area contributed by atoms with Crippen molar-refractivity contribution in [1.29, 1.82) is 0 Å². The van der Waals surface area contributed by atoms with Crippen LogP contribution in [0.25, 0.3) is 26.1 Å². The highest BCUT2D eigenvalue weighted by Crippen LogP contribution is 2.25. The first-order chi connectivity index (χ1) is 12.0. The number of aromatic nitrogens is 3. The predicted molar refractivity (Wildman–Crippen MR) is 99.6 cm³/mol. The minimum absolute atomic E-state index is 0.280. The maximum atomic E-state index is 12.9. The lowest BCUT2D eigenvalue weighted by Crippen LogP contribution is -2.23. The Hall–Kier alpha value is -2.58. The fourth-order valence-corrected chi connectivity index (χ4v) is 3.91. The standard InChI is InChI=1S/C17H10BrN3O3S/c18-9-5-6-10-11(7-9)13(8-15(22)23)20-21(16(10)24)17-19-12-3-1-2-4-14(12)25-17/h1-7H,8H2,(H,22,23). The average Bonchev–Trinajstić information content (AvgIpc) is 3.00. The van der Waals surface area contributed by atoms with Crippen molar-refractivity contribution in [1.82, 2.24) is 14.8 Å². The molecule has 0 aliphatic rings. The maximum absolute atomic E-state index is 12.9. The zero-order valence-electron chi connectivity index (χ0n) is 12.6. The van der Waals surface area contributed by atoms with Crippen molar-refractivity contribution in [2.24, 2.45) is 0 Å². The van der Waals surface area contributed by atoms with Crippen LogP contribution in [0, 0.1) is 0 Å². The van der Waals surface area contributed by atoms with E-state index in [-0.39, 0.29) is 12.0 Å². The Balaban J connectivity index is 2.03. The largest absolute Gasteiger partial charge is 0.481 e. The number of hydrogen-bond donors (Lipinski definition) is 1. The number of hydrogen-bond acceptors (Lipinski definition) is 5. The van der Waals surface area contributed by atoms with Crippen LogP contribution in [0.5, 0.6) is 0 Å². The van der Waals surface area contributed by atoms with Crippen LogP contribution < -0.4 is 5.56 Å². The van der Waals surface area contributed by atoms with Gasteiger partial charge >= 0.3 is 5.97 Å². The van der Waals surface area contributed by atoms with E-state index in [0.29, 0.717) is 21.6 Å². The molecule has 6 nitrogen and oxygen atoms in total. The third-order valence-electron chi connectivity index (χ3n) is 3.72. The minimum atomic E-state index is -1.01. The third kappa shape index (κ3) is 2.83. The number of benzene rings is 2. The highest BCUT2D eigenvalue weighted by Gasteiger charge is 2.16. The average molecular weight is 416 g/mol. The summed E-state index contributed by atoms with van der Waals surface area (Å²) in [5.41, 5.74) is 0.769. The Morgan fingerprint density at radius 1 is 1.20 bits per heavy atom. The van der Waals surface area contributed by atoms with Crippen LogP contribution in [0.2, 0.25) is 0 Å². The van der Waals surface area contributed by atoms with Gasteiger partial charge in [0.15, 0.2) is 0 Å². The molecule has 0 amide bonds. The summed E-state index contributed by atoms with van der Waals surface area (Å²) < 4.78 is 2.88. The van der Waals surface area contributed by atoms with Crippen LogP contribution in [0.15, 0.2) is 51.7 Å². The van der Waals surface area contributed by atoms with Gasteiger partial charge in [0.05, 0.1) is 27.7 Å². The van der Waals surface area contributed by atoms with E-state index >= 15 is 0 Å². The number of nitrogens with zero attached hydrogens (tertiary/aromatic N) is 3. The Kier molecular flexibility index (Phi) is 3.85. The molecule has 4 aromatic rings. The molecule has 0 fully saturated rings. The van der Waals surface area contributed by atoms with Crippen LogP contribution in [-0.2, 0) is 11.2 Å². The topological polar surface area (TPSA) is 85.1 Å². The van der Waals surface area contributed by atoms with Gasteiger partial charge in [-0.05, 0) is 30.3 Å². The Bertz CT molecular complexity index is 1170. The molecule has 0 radical (unpaired) electrons. The normalized spacial score (nSPS) is 11.2. The zero-order valence-corrected chi connectivity index (χ0v) is 15.0. The Morgan fingerprint density at radius 2 is 2.00 bits per heavy atom. The number of aliphatic carboxylic acids is 1. The van der Waals surface area contributed by atoms with Gasteiger partial charge in [0, 0.05) is 9.86 Å². The second kappa shape index (κ2) is 6.05. The minimum Gasteiger partial charge on any atom is -0.481 e. The van der Waals surface area contributed by atoms with Crippen molar-refractivity contribution < 1.29 is 9.90 Å². The van der Waals surface area contributed by atoms with Gasteiger partial charge < -0.3 is 5.11 Å². The van der Waals surface area contributed by atoms with Crippen LogP contribution in [0.3, 0.4) is 0 Å². The second-order valence-corrected chi connectivity index (χ2v) is 7.31. The predicted octanol–water partition coefficient (Wildman–Crippen LogP) is 3.39. The molecule has 1 N–H and O–H groups in total. The first kappa shape index (κ1) is 15.9. The van der Waals surface area contributed by atoms with Crippen molar-refractivity contribution >= 4 is 54.2 Å². The highest BCUT2D eigenvalue weighted by atomic mass is 79.9. The molecule has 2 heterocycles. The van der Waals surface area contributed by atoms with Gasteiger partial charge in [-0.15, -0.1) is 0 Å². The molecule has 0 aliphatic heterocycles. The first-order valence-electron chi connectivity index (χ1n) is 7.32. The Morgan fingerprint density at radius 3 is 2.76 bits per heavy atom. The van der Waals surface area contributed by atoms with Crippen LogP contribution in [0.4, 0.5) is 0 Å². The van der Waals surface area contributed by atoms with E-state index in [0.717, 1.165) is 14.7 Å². The lowest BCUT2D eigenvalue weighted by Gasteiger charge is -2.08. The summed E-state index contributed by atoms with van der Waals surface area (Å²) in [6.07, 6.45) is -0.280. The van der Waals surface area contributed by atoms with Crippen molar-refractivity contribution in [3.8, 4) is 5.13 Å². The number of carboxylic acid groups (broad SMARTS) is 1. The summed E-state index contributed by atoms with van der Waals surface area (Å²) >= 11 is 4.69. The number of para-hydroxylation sites is 1. The van der Waals surface area contributed by atoms with Gasteiger partial charge in [-0.3, -0.25) is 9.59 Å². The number of halogens is 1. The van der Waals surface area contributed by atoms with Gasteiger partial charge in [0.1, 0.15) is 0 Å². The van der Waals surface area contributed by atoms with Crippen molar-refractivity contribution in [3.63, 3.8) is 0 Å². The van der Waals surface area contributed by atoms with E-state index in [9.17, 15) is 14.7 Å². The second-order valence-electron chi connectivity index (χ2n) is 5.39. The van der Waals surface area contributed by atoms with Crippen molar-refractivity contribution in [3.05, 3.63) is 63.0 Å². The molecule has 2 aromatic carbocycles. The molecule has 25 heavy (non-hydrogen) atoms. The quantitative estimate of drug-likeness (QED) is 0.554. The molecule has 0 saturated carbocycles. The zero-order chi connectivity index (χ0) is 17.6. The first-order valence-corrected chi connectivity index (χ1v) is 8.93. The molecule has 124 valence electrons. The summed E-state index contributed by atoms with van der Waals surface area (Å²) in [7, 11) is 0. The smallest absolute Gasteiger partial charge is 0.309 e. The molecule has 8 heteroatoms. The van der Waals surface area contributed by atoms with Crippen molar-refractivity contribution in [2.45, 2.75) is 6.42 Å². The Labute approximate surface area is 153 Å². The molecular formula is C17H10BrN3O3S. The SMILES string of the molecule is O=C(O)Cc1nn(-c2nc3ccccc3s2)c(=O)c2ccc(Br)cc12. The number of carboxylic acids is 1. The van der Waals surface area contributed by atoms with Gasteiger partial charge in [0.2, 0.25) is 5.13 Å². The lowest BCUT2D eigenvalue weighted by molar-refractivity contribution is -0.136. The lowest BCUT2D eigenvalue weighted by atomic mass is 10.1. The molecule has 4 rings (SSSR count). The van der Waals surface area contributed by atoms with E-state index < -0.39 is 5.97 Å². The molecule has 0 spiro atoms. The number of carbonyl (C=O) groups is 1. The van der Waals surface area contributed by atoms with Crippen LogP contribution >= 0.6 is 27.3 Å². The van der Waals surface area contributed by atoms with Crippen molar-refractivity contribution in [2.75, 3.05) is 0 Å².